The van der Waals surface area contributed by atoms with Crippen molar-refractivity contribution in [2.24, 2.45) is 10.4 Å². The van der Waals surface area contributed by atoms with Gasteiger partial charge in [0.25, 0.3) is 0 Å². The van der Waals surface area contributed by atoms with E-state index >= 15 is 0 Å². The van der Waals surface area contributed by atoms with Gasteiger partial charge >= 0.3 is 0 Å². The average molecular weight is 423 g/mol. The van der Waals surface area contributed by atoms with Gasteiger partial charge in [0.05, 0.1) is 6.54 Å². The van der Waals surface area contributed by atoms with Gasteiger partial charge in [0.15, 0.2) is 5.96 Å². The number of amides is 1. The highest BCUT2D eigenvalue weighted by molar-refractivity contribution is 5.90. The van der Waals surface area contributed by atoms with E-state index < -0.39 is 0 Å². The number of benzene rings is 1. The molecule has 1 aliphatic carbocycles. The molecule has 1 saturated heterocycles. The minimum Gasteiger partial charge on any atom is -0.357 e. The number of nitrogens with one attached hydrogen (secondary N) is 2. The predicted molar refractivity (Wildman–Crippen MR) is 124 cm³/mol. The number of carbonyl (C=O) groups is 1. The number of hydrogen-bond donors (Lipinski definition) is 2. The number of likely N-dealkylation sites (tertiary alicyclic amines) is 1. The molecule has 2 aromatic rings. The summed E-state index contributed by atoms with van der Waals surface area (Å²) in [7, 11) is 0. The van der Waals surface area contributed by atoms with E-state index in [2.05, 4.69) is 33.6 Å². The summed E-state index contributed by atoms with van der Waals surface area (Å²) in [5.41, 5.74) is 2.38. The fourth-order valence-corrected chi connectivity index (χ4v) is 4.91. The van der Waals surface area contributed by atoms with Gasteiger partial charge in [-0.25, -0.2) is 4.99 Å². The van der Waals surface area contributed by atoms with Crippen LogP contribution in [0.25, 0.3) is 0 Å². The van der Waals surface area contributed by atoms with Crippen molar-refractivity contribution in [3.63, 3.8) is 0 Å². The smallest absolute Gasteiger partial charge is 0.246 e. The normalized spacial score (nSPS) is 18.4. The van der Waals surface area contributed by atoms with Crippen LogP contribution in [-0.2, 0) is 17.9 Å². The zero-order valence-corrected chi connectivity index (χ0v) is 18.5. The Bertz CT molecular complexity index is 885. The number of guanidine groups is 1. The molecule has 1 aliphatic heterocycles. The lowest BCUT2D eigenvalue weighted by Gasteiger charge is -2.33. The Kier molecular flexibility index (Phi) is 6.89. The first-order chi connectivity index (χ1) is 15.2. The molecule has 7 heteroatoms. The van der Waals surface area contributed by atoms with Crippen molar-refractivity contribution in [2.75, 3.05) is 25.0 Å². The third-order valence-electron chi connectivity index (χ3n) is 6.47. The molecule has 1 spiro atoms. The second-order valence-corrected chi connectivity index (χ2v) is 8.85. The monoisotopic (exact) mass is 422 g/mol. The molecule has 31 heavy (non-hydrogen) atoms. The summed E-state index contributed by atoms with van der Waals surface area (Å²) >= 11 is 0. The molecule has 0 radical (unpaired) electrons. The number of nitrogens with zero attached hydrogens (tertiary/aromatic N) is 4. The summed E-state index contributed by atoms with van der Waals surface area (Å²) in [5.74, 6) is 0.922. The summed E-state index contributed by atoms with van der Waals surface area (Å²) in [5, 5.41) is 10.5. The van der Waals surface area contributed by atoms with Gasteiger partial charge in [-0.15, -0.1) is 0 Å². The summed E-state index contributed by atoms with van der Waals surface area (Å²) in [6.07, 6.45) is 11.6. The van der Waals surface area contributed by atoms with Gasteiger partial charge in [-0.1, -0.05) is 31.4 Å². The van der Waals surface area contributed by atoms with Crippen LogP contribution in [0.4, 0.5) is 5.69 Å². The Labute approximate surface area is 184 Å². The van der Waals surface area contributed by atoms with E-state index in [1.165, 1.54) is 38.5 Å². The minimum absolute atomic E-state index is 0.0902. The number of carbonyl (C=O) groups excluding carboxylic acids is 1. The number of aromatic nitrogens is 2. The van der Waals surface area contributed by atoms with Crippen LogP contribution in [0.5, 0.6) is 0 Å². The lowest BCUT2D eigenvalue weighted by Crippen LogP contribution is -2.41. The fourth-order valence-electron chi connectivity index (χ4n) is 4.91. The lowest BCUT2D eigenvalue weighted by atomic mass is 9.73. The van der Waals surface area contributed by atoms with Crippen LogP contribution in [0.1, 0.15) is 51.0 Å². The molecule has 166 valence electrons. The van der Waals surface area contributed by atoms with E-state index in [0.717, 1.165) is 36.8 Å². The van der Waals surface area contributed by atoms with Crippen molar-refractivity contribution in [3.05, 3.63) is 48.3 Å². The molecule has 2 heterocycles. The molecule has 7 nitrogen and oxygen atoms in total. The van der Waals surface area contributed by atoms with Crippen molar-refractivity contribution < 1.29 is 4.79 Å². The lowest BCUT2D eigenvalue weighted by molar-refractivity contribution is -0.116. The largest absolute Gasteiger partial charge is 0.357 e. The molecule has 0 atom stereocenters. The maximum atomic E-state index is 12.2. The SMILES string of the molecule is CCNC(=NCc1cccc(NC(=O)Cn2cccn2)c1)N1CCC2(CCCCC2)C1. The third kappa shape index (κ3) is 5.66. The average Bonchev–Trinajstić information content (AvgIpc) is 3.42. The summed E-state index contributed by atoms with van der Waals surface area (Å²) in [4.78, 5) is 19.6. The Balaban J connectivity index is 1.37. The Morgan fingerprint density at radius 1 is 1.19 bits per heavy atom. The summed E-state index contributed by atoms with van der Waals surface area (Å²) < 4.78 is 1.61. The van der Waals surface area contributed by atoms with Crippen LogP contribution in [0.15, 0.2) is 47.7 Å². The highest BCUT2D eigenvalue weighted by Crippen LogP contribution is 2.43. The van der Waals surface area contributed by atoms with Crippen LogP contribution in [0.2, 0.25) is 0 Å². The summed E-state index contributed by atoms with van der Waals surface area (Å²) in [6, 6.07) is 9.74. The fraction of sp³-hybridized carbons (Fsp3) is 0.542. The van der Waals surface area contributed by atoms with Gasteiger partial charge in [0.1, 0.15) is 6.54 Å². The molecule has 1 saturated carbocycles. The van der Waals surface area contributed by atoms with Crippen molar-refractivity contribution in [1.29, 1.82) is 0 Å². The number of hydrogen-bond acceptors (Lipinski definition) is 3. The van der Waals surface area contributed by atoms with Crippen LogP contribution in [0, 0.1) is 5.41 Å². The topological polar surface area (TPSA) is 74.5 Å². The summed E-state index contributed by atoms with van der Waals surface area (Å²) in [6.45, 7) is 6.01. The molecular weight excluding hydrogens is 388 g/mol. The number of rotatable bonds is 6. The van der Waals surface area contributed by atoms with Gasteiger partial charge in [0.2, 0.25) is 5.91 Å². The van der Waals surface area contributed by atoms with E-state index in [1.807, 2.05) is 24.3 Å². The highest BCUT2D eigenvalue weighted by atomic mass is 16.2. The molecule has 1 aromatic heterocycles. The molecule has 2 N–H and O–H groups in total. The second-order valence-electron chi connectivity index (χ2n) is 8.85. The predicted octanol–water partition coefficient (Wildman–Crippen LogP) is 3.64. The zero-order chi connectivity index (χ0) is 21.5. The highest BCUT2D eigenvalue weighted by Gasteiger charge is 2.39. The van der Waals surface area contributed by atoms with E-state index in [9.17, 15) is 4.79 Å². The maximum absolute atomic E-state index is 12.2. The van der Waals surface area contributed by atoms with E-state index in [0.29, 0.717) is 12.0 Å². The van der Waals surface area contributed by atoms with Gasteiger partial charge in [0, 0.05) is 37.7 Å². The van der Waals surface area contributed by atoms with Crippen molar-refractivity contribution in [3.8, 4) is 0 Å². The molecule has 2 fully saturated rings. The second kappa shape index (κ2) is 9.98. The Morgan fingerprint density at radius 3 is 2.84 bits per heavy atom. The molecule has 1 amide bonds. The number of aliphatic imine (C=N–C) groups is 1. The minimum atomic E-state index is -0.0902. The van der Waals surface area contributed by atoms with Gasteiger partial charge in [-0.05, 0) is 55.4 Å². The molecule has 1 aromatic carbocycles. The van der Waals surface area contributed by atoms with Crippen LogP contribution in [-0.4, -0.2) is 46.2 Å². The van der Waals surface area contributed by atoms with Gasteiger partial charge in [-0.3, -0.25) is 9.48 Å². The van der Waals surface area contributed by atoms with Crippen molar-refractivity contribution >= 4 is 17.6 Å². The van der Waals surface area contributed by atoms with E-state index in [-0.39, 0.29) is 12.5 Å². The van der Waals surface area contributed by atoms with Crippen LogP contribution in [0.3, 0.4) is 0 Å². The Morgan fingerprint density at radius 2 is 2.06 bits per heavy atom. The van der Waals surface area contributed by atoms with Gasteiger partial charge in [-0.2, -0.15) is 5.10 Å². The molecule has 4 rings (SSSR count). The van der Waals surface area contributed by atoms with Crippen LogP contribution < -0.4 is 10.6 Å². The molecule has 0 unspecified atom stereocenters. The van der Waals surface area contributed by atoms with E-state index in [4.69, 9.17) is 4.99 Å². The number of anilines is 1. The first-order valence-corrected chi connectivity index (χ1v) is 11.6. The van der Waals surface area contributed by atoms with Crippen LogP contribution >= 0.6 is 0 Å². The molecular formula is C24H34N6O. The molecule has 2 aliphatic rings. The van der Waals surface area contributed by atoms with Crippen molar-refractivity contribution in [2.45, 2.75) is 58.5 Å². The third-order valence-corrected chi connectivity index (χ3v) is 6.47. The molecule has 0 bridgehead atoms. The first-order valence-electron chi connectivity index (χ1n) is 11.6. The van der Waals surface area contributed by atoms with Crippen molar-refractivity contribution in [1.82, 2.24) is 20.0 Å². The first kappa shape index (κ1) is 21.4. The maximum Gasteiger partial charge on any atom is 0.246 e. The quantitative estimate of drug-likeness (QED) is 0.551. The van der Waals surface area contributed by atoms with E-state index in [1.54, 1.807) is 17.1 Å². The van der Waals surface area contributed by atoms with Gasteiger partial charge < -0.3 is 15.5 Å². The Hall–Kier alpha value is -2.83. The standard InChI is InChI=1S/C24H34N6O/c1-2-25-23(29-15-12-24(19-29)10-4-3-5-11-24)26-17-20-8-6-9-21(16-20)28-22(31)18-30-14-7-13-27-30/h6-9,13-14,16H,2-5,10-12,15,17-19H2,1H3,(H,25,26)(H,28,31). The zero-order valence-electron chi connectivity index (χ0n) is 18.5.